The van der Waals surface area contributed by atoms with Crippen LogP contribution in [0.3, 0.4) is 0 Å². The molecular weight excluding hydrogens is 414 g/mol. The normalized spacial score (nSPS) is 10.6. The molecule has 33 heavy (non-hydrogen) atoms. The number of amides is 2. The summed E-state index contributed by atoms with van der Waals surface area (Å²) in [5.74, 6) is 0.196. The zero-order valence-corrected chi connectivity index (χ0v) is 18.4. The number of hydrogen-bond donors (Lipinski definition) is 2. The third kappa shape index (κ3) is 5.51. The maximum Gasteiger partial charge on any atom is 0.258 e. The van der Waals surface area contributed by atoms with Gasteiger partial charge in [-0.05, 0) is 60.4 Å². The van der Waals surface area contributed by atoms with Crippen LogP contribution in [0, 0.1) is 0 Å². The first-order valence-electron chi connectivity index (χ1n) is 10.8. The van der Waals surface area contributed by atoms with Gasteiger partial charge in [0.1, 0.15) is 0 Å². The Bertz CT molecular complexity index is 1240. The van der Waals surface area contributed by atoms with Crippen LogP contribution in [0.4, 0.5) is 5.95 Å². The van der Waals surface area contributed by atoms with Gasteiger partial charge < -0.3 is 5.32 Å². The number of para-hydroxylation sites is 1. The molecular formula is C26H25N5O2. The number of pyridine rings is 1. The van der Waals surface area contributed by atoms with Gasteiger partial charge >= 0.3 is 0 Å². The van der Waals surface area contributed by atoms with Crippen LogP contribution in [-0.2, 0) is 11.2 Å². The molecule has 0 fully saturated rings. The molecule has 0 radical (unpaired) electrons. The summed E-state index contributed by atoms with van der Waals surface area (Å²) in [6.45, 7) is 0. The summed E-state index contributed by atoms with van der Waals surface area (Å²) < 4.78 is 1.86. The molecule has 0 aliphatic carbocycles. The summed E-state index contributed by atoms with van der Waals surface area (Å²) in [6.07, 6.45) is 7.09. The van der Waals surface area contributed by atoms with Crippen LogP contribution in [-0.4, -0.2) is 33.4 Å². The standard InChI is InChI=1S/C26H25N5O2/c1-27-24(32)12-6-9-22-18-31(23-10-3-2-4-11-23)26(29-22)30-25(33)21-8-5-7-20(17-21)19-13-15-28-16-14-19/h2-5,7-8,10-11,13-18H,6,9,12H2,1H3,(H,27,32)(H,29,30,33). The van der Waals surface area contributed by atoms with E-state index in [2.05, 4.69) is 20.6 Å². The van der Waals surface area contributed by atoms with Crippen molar-refractivity contribution in [3.63, 3.8) is 0 Å². The van der Waals surface area contributed by atoms with Crippen LogP contribution < -0.4 is 10.6 Å². The van der Waals surface area contributed by atoms with Gasteiger partial charge in [0, 0.05) is 43.3 Å². The van der Waals surface area contributed by atoms with Crippen LogP contribution in [0.1, 0.15) is 28.9 Å². The molecule has 0 unspecified atom stereocenters. The number of hydrogen-bond acceptors (Lipinski definition) is 4. The minimum Gasteiger partial charge on any atom is -0.359 e. The number of rotatable bonds is 8. The lowest BCUT2D eigenvalue weighted by molar-refractivity contribution is -0.120. The summed E-state index contributed by atoms with van der Waals surface area (Å²) in [7, 11) is 1.63. The molecule has 0 bridgehead atoms. The van der Waals surface area contributed by atoms with E-state index in [4.69, 9.17) is 0 Å². The highest BCUT2D eigenvalue weighted by molar-refractivity contribution is 6.04. The van der Waals surface area contributed by atoms with Gasteiger partial charge in [-0.1, -0.05) is 30.3 Å². The Balaban J connectivity index is 1.57. The van der Waals surface area contributed by atoms with Crippen molar-refractivity contribution in [2.45, 2.75) is 19.3 Å². The van der Waals surface area contributed by atoms with Crippen LogP contribution >= 0.6 is 0 Å². The van der Waals surface area contributed by atoms with E-state index >= 15 is 0 Å². The zero-order chi connectivity index (χ0) is 23.0. The number of anilines is 1. The van der Waals surface area contributed by atoms with Crippen LogP contribution in [0.5, 0.6) is 0 Å². The van der Waals surface area contributed by atoms with Gasteiger partial charge in [-0.25, -0.2) is 4.98 Å². The highest BCUT2D eigenvalue weighted by Gasteiger charge is 2.15. The summed E-state index contributed by atoms with van der Waals surface area (Å²) in [6, 6.07) is 21.0. The lowest BCUT2D eigenvalue weighted by Crippen LogP contribution is -2.17. The molecule has 4 rings (SSSR count). The van der Waals surface area contributed by atoms with E-state index in [0.717, 1.165) is 22.5 Å². The Morgan fingerprint density at radius 2 is 1.73 bits per heavy atom. The lowest BCUT2D eigenvalue weighted by Gasteiger charge is -2.10. The minimum absolute atomic E-state index is 0.0000902. The first kappa shape index (κ1) is 22.0. The average molecular weight is 440 g/mol. The maximum absolute atomic E-state index is 13.1. The molecule has 7 nitrogen and oxygen atoms in total. The fraction of sp³-hybridized carbons (Fsp3) is 0.154. The van der Waals surface area contributed by atoms with Crippen molar-refractivity contribution in [1.29, 1.82) is 0 Å². The molecule has 0 saturated heterocycles. The number of imidazole rings is 1. The number of aryl methyl sites for hydroxylation is 1. The Kier molecular flexibility index (Phi) is 6.90. The molecule has 0 aliphatic heterocycles. The number of carbonyl (C=O) groups is 2. The van der Waals surface area contributed by atoms with E-state index < -0.39 is 0 Å². The highest BCUT2D eigenvalue weighted by Crippen LogP contribution is 2.22. The lowest BCUT2D eigenvalue weighted by atomic mass is 10.0. The van der Waals surface area contributed by atoms with Gasteiger partial charge in [0.25, 0.3) is 5.91 Å². The second-order valence-electron chi connectivity index (χ2n) is 7.56. The average Bonchev–Trinajstić information content (AvgIpc) is 3.27. The summed E-state index contributed by atoms with van der Waals surface area (Å²) in [5.41, 5.74) is 4.16. The van der Waals surface area contributed by atoms with Gasteiger partial charge in [0.15, 0.2) is 0 Å². The first-order chi connectivity index (χ1) is 16.1. The highest BCUT2D eigenvalue weighted by atomic mass is 16.2. The largest absolute Gasteiger partial charge is 0.359 e. The number of carbonyl (C=O) groups excluding carboxylic acids is 2. The smallest absolute Gasteiger partial charge is 0.258 e. The van der Waals surface area contributed by atoms with E-state index in [9.17, 15) is 9.59 Å². The summed E-state index contributed by atoms with van der Waals surface area (Å²) in [4.78, 5) is 33.3. The van der Waals surface area contributed by atoms with Crippen molar-refractivity contribution < 1.29 is 9.59 Å². The topological polar surface area (TPSA) is 88.9 Å². The molecule has 2 N–H and O–H groups in total. The van der Waals surface area contributed by atoms with E-state index in [-0.39, 0.29) is 11.8 Å². The molecule has 0 saturated carbocycles. The van der Waals surface area contributed by atoms with E-state index in [1.807, 2.05) is 71.4 Å². The van der Waals surface area contributed by atoms with Crippen molar-refractivity contribution in [2.24, 2.45) is 0 Å². The van der Waals surface area contributed by atoms with Gasteiger partial charge in [-0.15, -0.1) is 0 Å². The van der Waals surface area contributed by atoms with Gasteiger partial charge in [-0.3, -0.25) is 24.5 Å². The molecule has 166 valence electrons. The molecule has 0 aliphatic rings. The van der Waals surface area contributed by atoms with Crippen molar-refractivity contribution in [2.75, 3.05) is 12.4 Å². The molecule has 2 aromatic heterocycles. The molecule has 2 heterocycles. The van der Waals surface area contributed by atoms with E-state index in [1.54, 1.807) is 25.5 Å². The predicted octanol–water partition coefficient (Wildman–Crippen LogP) is 4.26. The number of aromatic nitrogens is 3. The molecule has 2 aromatic carbocycles. The molecule has 0 spiro atoms. The van der Waals surface area contributed by atoms with Crippen molar-refractivity contribution in [1.82, 2.24) is 19.9 Å². The van der Waals surface area contributed by atoms with E-state index in [0.29, 0.717) is 30.8 Å². The second-order valence-corrected chi connectivity index (χ2v) is 7.56. The second kappa shape index (κ2) is 10.4. The molecule has 7 heteroatoms. The fourth-order valence-electron chi connectivity index (χ4n) is 3.54. The van der Waals surface area contributed by atoms with Crippen LogP contribution in [0.25, 0.3) is 16.8 Å². The number of benzene rings is 2. The van der Waals surface area contributed by atoms with E-state index in [1.165, 1.54) is 0 Å². The monoisotopic (exact) mass is 439 g/mol. The first-order valence-corrected chi connectivity index (χ1v) is 10.8. The van der Waals surface area contributed by atoms with Crippen LogP contribution in [0.15, 0.2) is 85.3 Å². The predicted molar refractivity (Wildman–Crippen MR) is 128 cm³/mol. The Morgan fingerprint density at radius 3 is 2.48 bits per heavy atom. The molecule has 2 amide bonds. The van der Waals surface area contributed by atoms with Crippen molar-refractivity contribution >= 4 is 17.8 Å². The molecule has 0 atom stereocenters. The van der Waals surface area contributed by atoms with Crippen molar-refractivity contribution in [3.8, 4) is 16.8 Å². The Morgan fingerprint density at radius 1 is 0.939 bits per heavy atom. The van der Waals surface area contributed by atoms with Gasteiger partial charge in [-0.2, -0.15) is 0 Å². The van der Waals surface area contributed by atoms with Crippen LogP contribution in [0.2, 0.25) is 0 Å². The fourth-order valence-corrected chi connectivity index (χ4v) is 3.54. The quantitative estimate of drug-likeness (QED) is 0.429. The number of nitrogens with zero attached hydrogens (tertiary/aromatic N) is 3. The molecule has 4 aromatic rings. The third-order valence-electron chi connectivity index (χ3n) is 5.27. The summed E-state index contributed by atoms with van der Waals surface area (Å²) >= 11 is 0. The maximum atomic E-state index is 13.1. The minimum atomic E-state index is -0.245. The zero-order valence-electron chi connectivity index (χ0n) is 18.4. The summed E-state index contributed by atoms with van der Waals surface area (Å²) in [5, 5.41) is 5.59. The number of nitrogens with one attached hydrogen (secondary N) is 2. The van der Waals surface area contributed by atoms with Crippen molar-refractivity contribution in [3.05, 3.63) is 96.6 Å². The SMILES string of the molecule is CNC(=O)CCCc1cn(-c2ccccc2)c(NC(=O)c2cccc(-c3ccncc3)c2)n1. The third-order valence-corrected chi connectivity index (χ3v) is 5.27. The van der Waals surface area contributed by atoms with Gasteiger partial charge in [0.2, 0.25) is 11.9 Å². The Hall–Kier alpha value is -4.26. The van der Waals surface area contributed by atoms with Gasteiger partial charge in [0.05, 0.1) is 5.69 Å². The Labute approximate surface area is 192 Å².